The first-order valence-corrected chi connectivity index (χ1v) is 8.89. The fourth-order valence-electron chi connectivity index (χ4n) is 2.98. The lowest BCUT2D eigenvalue weighted by Gasteiger charge is -2.29. The van der Waals surface area contributed by atoms with Crippen LogP contribution in [0.4, 0.5) is 0 Å². The van der Waals surface area contributed by atoms with E-state index in [4.69, 9.17) is 0 Å². The summed E-state index contributed by atoms with van der Waals surface area (Å²) in [4.78, 5) is 13.7. The van der Waals surface area contributed by atoms with Crippen LogP contribution in [0.1, 0.15) is 31.9 Å². The van der Waals surface area contributed by atoms with Crippen molar-refractivity contribution in [2.24, 2.45) is 5.92 Å². The molecule has 1 aliphatic rings. The van der Waals surface area contributed by atoms with Gasteiger partial charge in [-0.2, -0.15) is 0 Å². The van der Waals surface area contributed by atoms with Crippen molar-refractivity contribution in [1.29, 1.82) is 0 Å². The molecule has 1 N–H and O–H groups in total. The first kappa shape index (κ1) is 16.0. The molecule has 0 bridgehead atoms. The molecule has 3 atom stereocenters. The van der Waals surface area contributed by atoms with E-state index in [-0.39, 0.29) is 16.9 Å². The lowest BCUT2D eigenvalue weighted by molar-refractivity contribution is -0.144. The molecule has 116 valence electrons. The molecule has 6 heteroatoms. The quantitative estimate of drug-likeness (QED) is 0.920. The average Bonchev–Trinajstić information content (AvgIpc) is 2.79. The molecule has 1 aromatic carbocycles. The SMILES string of the molecule is CC1CCN(C(C)c2ccc(S(C)(=O)=O)cc2)C1C(=O)O. The Hall–Kier alpha value is -1.40. The predicted octanol–water partition coefficient (Wildman–Crippen LogP) is 1.95. The van der Waals surface area contributed by atoms with Crippen LogP contribution in [0, 0.1) is 5.92 Å². The second-order valence-electron chi connectivity index (χ2n) is 5.80. The topological polar surface area (TPSA) is 74.7 Å². The molecule has 0 spiro atoms. The summed E-state index contributed by atoms with van der Waals surface area (Å²) in [5.41, 5.74) is 0.933. The fraction of sp³-hybridized carbons (Fsp3) is 0.533. The van der Waals surface area contributed by atoms with Crippen molar-refractivity contribution in [3.63, 3.8) is 0 Å². The molecule has 2 rings (SSSR count). The summed E-state index contributed by atoms with van der Waals surface area (Å²) in [6, 6.07) is 6.16. The van der Waals surface area contributed by atoms with Gasteiger partial charge in [-0.1, -0.05) is 19.1 Å². The van der Waals surface area contributed by atoms with Gasteiger partial charge in [0, 0.05) is 12.3 Å². The molecule has 5 nitrogen and oxygen atoms in total. The van der Waals surface area contributed by atoms with Gasteiger partial charge in [0.05, 0.1) is 4.90 Å². The van der Waals surface area contributed by atoms with Crippen molar-refractivity contribution in [3.8, 4) is 0 Å². The second kappa shape index (κ2) is 5.77. The van der Waals surface area contributed by atoms with Crippen LogP contribution >= 0.6 is 0 Å². The molecule has 1 saturated heterocycles. The van der Waals surface area contributed by atoms with E-state index in [1.54, 1.807) is 24.3 Å². The van der Waals surface area contributed by atoms with Crippen LogP contribution in [0.2, 0.25) is 0 Å². The Labute approximate surface area is 125 Å². The van der Waals surface area contributed by atoms with Crippen molar-refractivity contribution < 1.29 is 18.3 Å². The Bertz CT molecular complexity index is 624. The molecule has 0 saturated carbocycles. The molecule has 0 aromatic heterocycles. The molecule has 0 aliphatic carbocycles. The molecule has 1 heterocycles. The average molecular weight is 311 g/mol. The maximum Gasteiger partial charge on any atom is 0.321 e. The van der Waals surface area contributed by atoms with Crippen molar-refractivity contribution in [2.75, 3.05) is 12.8 Å². The van der Waals surface area contributed by atoms with Gasteiger partial charge in [0.1, 0.15) is 6.04 Å². The number of hydrogen-bond donors (Lipinski definition) is 1. The van der Waals surface area contributed by atoms with E-state index in [0.29, 0.717) is 0 Å². The van der Waals surface area contributed by atoms with Crippen molar-refractivity contribution in [2.45, 2.75) is 37.2 Å². The van der Waals surface area contributed by atoms with Gasteiger partial charge in [0.25, 0.3) is 0 Å². The molecular formula is C15H21NO4S. The highest BCUT2D eigenvalue weighted by atomic mass is 32.2. The van der Waals surface area contributed by atoms with Gasteiger partial charge < -0.3 is 5.11 Å². The third-order valence-electron chi connectivity index (χ3n) is 4.28. The number of benzene rings is 1. The van der Waals surface area contributed by atoms with Crippen molar-refractivity contribution in [3.05, 3.63) is 29.8 Å². The molecule has 0 amide bonds. The van der Waals surface area contributed by atoms with Gasteiger partial charge in [-0.15, -0.1) is 0 Å². The minimum Gasteiger partial charge on any atom is -0.480 e. The Morgan fingerprint density at radius 3 is 2.38 bits per heavy atom. The van der Waals surface area contributed by atoms with Crippen LogP contribution in [-0.4, -0.2) is 43.2 Å². The van der Waals surface area contributed by atoms with E-state index in [2.05, 4.69) is 0 Å². The molecule has 3 unspecified atom stereocenters. The zero-order chi connectivity index (χ0) is 15.8. The molecular weight excluding hydrogens is 290 g/mol. The Morgan fingerprint density at radius 1 is 1.33 bits per heavy atom. The lowest BCUT2D eigenvalue weighted by Crippen LogP contribution is -2.40. The number of aliphatic carboxylic acids is 1. The van der Waals surface area contributed by atoms with Gasteiger partial charge in [-0.25, -0.2) is 8.42 Å². The van der Waals surface area contributed by atoms with Crippen LogP contribution in [0.15, 0.2) is 29.2 Å². The van der Waals surface area contributed by atoms with Crippen molar-refractivity contribution >= 4 is 15.8 Å². The number of likely N-dealkylation sites (tertiary alicyclic amines) is 1. The van der Waals surface area contributed by atoms with E-state index in [9.17, 15) is 18.3 Å². The lowest BCUT2D eigenvalue weighted by atomic mass is 10.0. The third-order valence-corrected chi connectivity index (χ3v) is 5.41. The van der Waals surface area contributed by atoms with Gasteiger partial charge in [0.15, 0.2) is 9.84 Å². The summed E-state index contributed by atoms with van der Waals surface area (Å²) in [5.74, 6) is -0.667. The van der Waals surface area contributed by atoms with E-state index in [1.807, 2.05) is 18.7 Å². The van der Waals surface area contributed by atoms with Crippen LogP contribution in [0.3, 0.4) is 0 Å². The fourth-order valence-corrected chi connectivity index (χ4v) is 3.61. The number of nitrogens with zero attached hydrogens (tertiary/aromatic N) is 1. The smallest absolute Gasteiger partial charge is 0.321 e. The number of hydrogen-bond acceptors (Lipinski definition) is 4. The van der Waals surface area contributed by atoms with Gasteiger partial charge in [0.2, 0.25) is 0 Å². The van der Waals surface area contributed by atoms with Crippen LogP contribution in [0.25, 0.3) is 0 Å². The van der Waals surface area contributed by atoms with Crippen LogP contribution < -0.4 is 0 Å². The minimum atomic E-state index is -3.21. The van der Waals surface area contributed by atoms with Gasteiger partial charge in [-0.3, -0.25) is 9.69 Å². The summed E-state index contributed by atoms with van der Waals surface area (Å²) >= 11 is 0. The Balaban J connectivity index is 2.24. The Kier molecular flexibility index (Phi) is 4.39. The number of sulfone groups is 1. The summed E-state index contributed by atoms with van der Waals surface area (Å²) in [6.45, 7) is 4.66. The first-order chi connectivity index (χ1) is 9.71. The van der Waals surface area contributed by atoms with Crippen LogP contribution in [-0.2, 0) is 14.6 Å². The van der Waals surface area contributed by atoms with E-state index in [1.165, 1.54) is 6.26 Å². The molecule has 1 aromatic rings. The monoisotopic (exact) mass is 311 g/mol. The molecule has 1 fully saturated rings. The first-order valence-electron chi connectivity index (χ1n) is 7.00. The predicted molar refractivity (Wildman–Crippen MR) is 79.9 cm³/mol. The largest absolute Gasteiger partial charge is 0.480 e. The van der Waals surface area contributed by atoms with Gasteiger partial charge >= 0.3 is 5.97 Å². The summed E-state index contributed by atoms with van der Waals surface area (Å²) in [5, 5.41) is 9.38. The zero-order valence-corrected chi connectivity index (χ0v) is 13.3. The number of carboxylic acids is 1. The summed E-state index contributed by atoms with van der Waals surface area (Å²) in [6.07, 6.45) is 2.04. The van der Waals surface area contributed by atoms with Crippen LogP contribution in [0.5, 0.6) is 0 Å². The Morgan fingerprint density at radius 2 is 1.90 bits per heavy atom. The highest BCUT2D eigenvalue weighted by molar-refractivity contribution is 7.90. The van der Waals surface area contributed by atoms with E-state index in [0.717, 1.165) is 18.5 Å². The number of carboxylic acid groups (broad SMARTS) is 1. The van der Waals surface area contributed by atoms with E-state index >= 15 is 0 Å². The zero-order valence-electron chi connectivity index (χ0n) is 12.5. The highest BCUT2D eigenvalue weighted by Gasteiger charge is 2.39. The van der Waals surface area contributed by atoms with Crippen molar-refractivity contribution in [1.82, 2.24) is 4.90 Å². The molecule has 1 aliphatic heterocycles. The highest BCUT2D eigenvalue weighted by Crippen LogP contribution is 2.33. The second-order valence-corrected chi connectivity index (χ2v) is 7.82. The third kappa shape index (κ3) is 3.27. The normalized spacial score (nSPS) is 24.9. The molecule has 21 heavy (non-hydrogen) atoms. The number of rotatable bonds is 4. The number of carbonyl (C=O) groups is 1. The van der Waals surface area contributed by atoms with Gasteiger partial charge in [-0.05, 0) is 43.5 Å². The summed E-state index contributed by atoms with van der Waals surface area (Å²) in [7, 11) is -3.21. The maximum absolute atomic E-state index is 11.5. The van der Waals surface area contributed by atoms with E-state index < -0.39 is 21.8 Å². The minimum absolute atomic E-state index is 0.0512. The summed E-state index contributed by atoms with van der Waals surface area (Å²) < 4.78 is 22.9. The standard InChI is InChI=1S/C15H21NO4S/c1-10-8-9-16(14(10)15(17)18)11(2)12-4-6-13(7-5-12)21(3,19)20/h4-7,10-11,14H,8-9H2,1-3H3,(H,17,18). The molecule has 0 radical (unpaired) electrons. The maximum atomic E-state index is 11.5.